The van der Waals surface area contributed by atoms with Crippen molar-refractivity contribution < 1.29 is 33.4 Å². The number of nitrogens with zero attached hydrogens (tertiary/aromatic N) is 6. The second kappa shape index (κ2) is 25.3. The molecule has 0 radical (unpaired) electrons. The molecule has 5 amide bonds. The van der Waals surface area contributed by atoms with Crippen LogP contribution in [0.4, 0.5) is 21.0 Å². The summed E-state index contributed by atoms with van der Waals surface area (Å²) in [6.07, 6.45) is 6.20. The van der Waals surface area contributed by atoms with Crippen molar-refractivity contribution in [3.63, 3.8) is 0 Å². The molecule has 15 heteroatoms. The highest BCUT2D eigenvalue weighted by atomic mass is 79.9. The van der Waals surface area contributed by atoms with E-state index in [1.165, 1.54) is 11.1 Å². The van der Waals surface area contributed by atoms with E-state index in [2.05, 4.69) is 112 Å². The van der Waals surface area contributed by atoms with E-state index in [4.69, 9.17) is 14.7 Å². The number of nitriles is 1. The van der Waals surface area contributed by atoms with Crippen LogP contribution in [-0.4, -0.2) is 115 Å². The summed E-state index contributed by atoms with van der Waals surface area (Å²) in [5, 5.41) is 11.9. The summed E-state index contributed by atoms with van der Waals surface area (Å²) < 4.78 is 11.9. The van der Waals surface area contributed by atoms with Crippen LogP contribution in [0.5, 0.6) is 0 Å². The van der Waals surface area contributed by atoms with Crippen LogP contribution >= 0.6 is 15.9 Å². The molecule has 12 rings (SSSR count). The Balaban J connectivity index is 0.000000139. The maximum atomic E-state index is 13.4. The third kappa shape index (κ3) is 14.3. The van der Waals surface area contributed by atoms with E-state index in [9.17, 15) is 24.0 Å². The molecule has 6 aromatic carbocycles. The van der Waals surface area contributed by atoms with Gasteiger partial charge in [-0.2, -0.15) is 5.26 Å². The molecule has 1 N–H and O–H groups in total. The van der Waals surface area contributed by atoms with Gasteiger partial charge in [-0.3, -0.25) is 14.4 Å². The van der Waals surface area contributed by atoms with Crippen LogP contribution in [0.25, 0.3) is 33.4 Å². The smallest absolute Gasteiger partial charge is 0.410 e. The summed E-state index contributed by atoms with van der Waals surface area (Å²) in [6.45, 7) is 16.6. The van der Waals surface area contributed by atoms with Crippen molar-refractivity contribution in [2.45, 2.75) is 91.3 Å². The first-order chi connectivity index (χ1) is 39.7. The number of amides is 5. The van der Waals surface area contributed by atoms with Crippen LogP contribution in [0.3, 0.4) is 0 Å². The lowest BCUT2D eigenvalue weighted by molar-refractivity contribution is -0.127. The molecule has 0 aliphatic carbocycles. The second-order valence-corrected chi connectivity index (χ2v) is 25.5. The van der Waals surface area contributed by atoms with Gasteiger partial charge in [0.25, 0.3) is 0 Å². The molecule has 432 valence electrons. The highest BCUT2D eigenvalue weighted by molar-refractivity contribution is 9.10. The molecule has 83 heavy (non-hydrogen) atoms. The summed E-state index contributed by atoms with van der Waals surface area (Å²) in [5.74, 6) is 0.378. The van der Waals surface area contributed by atoms with Gasteiger partial charge >= 0.3 is 12.2 Å². The fourth-order valence-electron chi connectivity index (χ4n) is 11.9. The molecular weight excluding hydrogens is 1110 g/mol. The molecule has 0 saturated carbocycles. The zero-order valence-electron chi connectivity index (χ0n) is 48.6. The van der Waals surface area contributed by atoms with Crippen LogP contribution < -0.4 is 15.1 Å². The molecule has 3 unspecified atom stereocenters. The number of hydrogen-bond donors (Lipinski definition) is 1. The number of carbonyl (C=O) groups excluding carboxylic acids is 5. The molecule has 6 heterocycles. The van der Waals surface area contributed by atoms with Crippen LogP contribution in [0.2, 0.25) is 0 Å². The van der Waals surface area contributed by atoms with Crippen molar-refractivity contribution in [2.75, 3.05) is 68.7 Å². The predicted octanol–water partition coefficient (Wildman–Crippen LogP) is 13.2. The highest BCUT2D eigenvalue weighted by Crippen LogP contribution is 2.45. The molecule has 6 aliphatic heterocycles. The van der Waals surface area contributed by atoms with Gasteiger partial charge < -0.3 is 39.3 Å². The van der Waals surface area contributed by atoms with E-state index < -0.39 is 16.6 Å². The van der Waals surface area contributed by atoms with Crippen LogP contribution in [-0.2, 0) is 23.9 Å². The summed E-state index contributed by atoms with van der Waals surface area (Å²) >= 11 is 3.46. The molecule has 3 spiro atoms. The van der Waals surface area contributed by atoms with Gasteiger partial charge in [0.2, 0.25) is 17.7 Å². The van der Waals surface area contributed by atoms with Crippen LogP contribution in [0, 0.1) is 27.7 Å². The number of anilines is 2. The van der Waals surface area contributed by atoms with E-state index >= 15 is 0 Å². The number of carbonyl (C=O) groups is 5. The van der Waals surface area contributed by atoms with E-state index in [-0.39, 0.29) is 40.7 Å². The Morgan fingerprint density at radius 2 is 0.867 bits per heavy atom. The summed E-state index contributed by atoms with van der Waals surface area (Å²) in [7, 11) is 0. The Labute approximate surface area is 497 Å². The van der Waals surface area contributed by atoms with Gasteiger partial charge in [-0.15, -0.1) is 0 Å². The Hall–Kier alpha value is -7.96. The number of nitrogens with one attached hydrogen (secondary N) is 1. The highest BCUT2D eigenvalue weighted by Gasteiger charge is 2.54. The minimum absolute atomic E-state index is 0.0866. The van der Waals surface area contributed by atoms with Gasteiger partial charge in [0.05, 0.1) is 16.2 Å². The molecule has 6 aliphatic rings. The van der Waals surface area contributed by atoms with Crippen LogP contribution in [0.15, 0.2) is 168 Å². The average molecular weight is 1180 g/mol. The number of rotatable bonds is 5. The fourth-order valence-corrected chi connectivity index (χ4v) is 12.3. The average Bonchev–Trinajstić information content (AvgIpc) is 3.39. The van der Waals surface area contributed by atoms with Crippen molar-refractivity contribution in [1.29, 1.82) is 5.26 Å². The van der Waals surface area contributed by atoms with Gasteiger partial charge in [-0.25, -0.2) is 9.59 Å². The summed E-state index contributed by atoms with van der Waals surface area (Å²) in [4.78, 5) is 71.3. The first-order valence-electron chi connectivity index (χ1n) is 28.8. The van der Waals surface area contributed by atoms with Gasteiger partial charge in [0.1, 0.15) is 11.2 Å². The van der Waals surface area contributed by atoms with Gasteiger partial charge in [-0.1, -0.05) is 143 Å². The minimum atomic E-state index is -0.531. The Bertz CT molecular complexity index is 3330. The monoisotopic (exact) mass is 1180 g/mol. The molecule has 14 nitrogen and oxygen atoms in total. The number of halogens is 1. The molecule has 6 saturated heterocycles. The molecule has 6 aromatic rings. The SMILES string of the molecule is Brc1cccc(-c2ccccc2)c1.CC(C)(C)OC(=O)N1CCC2(CCN(c3cccc(-c4ccccc4)c3)C2=O)C1.CC(C)(C)OC(=O)N1CCC2(CCNC2=O)C1.N#CN1CCC2(CCN(c3cccc(-c4ccccc4)c3)C2=O)C1. The molecular formula is C68H76BrN7O7. The molecule has 6 fully saturated rings. The number of ether oxygens (including phenoxy) is 2. The largest absolute Gasteiger partial charge is 0.444 e. The molecule has 0 bridgehead atoms. The Kier molecular flexibility index (Phi) is 18.2. The lowest BCUT2D eigenvalue weighted by atomic mass is 9.85. The maximum Gasteiger partial charge on any atom is 0.410 e. The maximum absolute atomic E-state index is 13.4. The number of benzene rings is 6. The summed E-state index contributed by atoms with van der Waals surface area (Å²) in [6, 6.07) is 55.3. The zero-order chi connectivity index (χ0) is 59.0. The first kappa shape index (κ1) is 59.7. The quantitative estimate of drug-likeness (QED) is 0.166. The first-order valence-corrected chi connectivity index (χ1v) is 29.6. The minimum Gasteiger partial charge on any atom is -0.444 e. The third-order valence-electron chi connectivity index (χ3n) is 16.4. The summed E-state index contributed by atoms with van der Waals surface area (Å²) in [5.41, 5.74) is 6.66. The molecule has 0 aromatic heterocycles. The fraction of sp³-hybridized carbons (Fsp3) is 0.382. The van der Waals surface area contributed by atoms with E-state index in [1.807, 2.05) is 130 Å². The van der Waals surface area contributed by atoms with E-state index in [1.54, 1.807) is 14.7 Å². The van der Waals surface area contributed by atoms with Crippen LogP contribution in [0.1, 0.15) is 80.1 Å². The Morgan fingerprint density at radius 3 is 1.28 bits per heavy atom. The third-order valence-corrected chi connectivity index (χ3v) is 16.9. The second-order valence-electron chi connectivity index (χ2n) is 24.5. The topological polar surface area (TPSA) is 156 Å². The number of hydrogen-bond acceptors (Lipinski definition) is 9. The lowest BCUT2D eigenvalue weighted by Gasteiger charge is -2.26. The molecule has 3 atom stereocenters. The van der Waals surface area contributed by atoms with Crippen molar-refractivity contribution >= 4 is 57.2 Å². The van der Waals surface area contributed by atoms with Crippen molar-refractivity contribution in [1.82, 2.24) is 20.0 Å². The van der Waals surface area contributed by atoms with Gasteiger partial charge in [0.15, 0.2) is 6.19 Å². The normalized spacial score (nSPS) is 21.7. The van der Waals surface area contributed by atoms with Crippen molar-refractivity contribution in [3.8, 4) is 39.6 Å². The zero-order valence-corrected chi connectivity index (χ0v) is 50.2. The Morgan fingerprint density at radius 1 is 0.482 bits per heavy atom. The van der Waals surface area contributed by atoms with E-state index in [0.717, 1.165) is 83.3 Å². The van der Waals surface area contributed by atoms with Crippen molar-refractivity contribution in [3.05, 3.63) is 168 Å². The van der Waals surface area contributed by atoms with E-state index in [0.29, 0.717) is 52.2 Å². The standard InChI is InChI=1S/C24H28N2O3.C20H19N3O.C12H9Br.C12H20N2O3/c1-23(2,3)29-22(28)25-14-12-24(17-25)13-15-26(21(24)27)20-11-7-10-19(16-20)18-8-5-4-6-9-18;21-15-22-11-9-20(14-22)10-12-23(19(20)24)18-8-4-7-17(13-18)16-5-2-1-3-6-16;13-12-8-4-7-11(9-12)10-5-2-1-3-6-10;1-11(2,3)17-10(16)14-7-5-12(8-14)4-6-13-9(12)15/h4-11,16H,12-15,17H2,1-3H3;1-8,13H,9-12,14H2;1-9H;4-8H2,1-3H3,(H,13,15). The number of likely N-dealkylation sites (tertiary alicyclic amines) is 3. The van der Waals surface area contributed by atoms with Gasteiger partial charge in [0, 0.05) is 74.8 Å². The predicted molar refractivity (Wildman–Crippen MR) is 329 cm³/mol. The van der Waals surface area contributed by atoms with Crippen molar-refractivity contribution in [2.24, 2.45) is 16.2 Å². The van der Waals surface area contributed by atoms with Gasteiger partial charge in [-0.05, 0) is 150 Å². The lowest BCUT2D eigenvalue weighted by Crippen LogP contribution is -2.40.